The molecule has 126 valence electrons. The number of anilines is 1. The van der Waals surface area contributed by atoms with Crippen LogP contribution in [0.25, 0.3) is 22.0 Å². The van der Waals surface area contributed by atoms with Gasteiger partial charge in [0, 0.05) is 34.3 Å². The predicted molar refractivity (Wildman–Crippen MR) is 93.6 cm³/mol. The standard InChI is InChI=1S/C20H17FN2O2/c21-12-3-6-14-15(8-22-18(14)7-12)11-1-4-13(5-2-11)23-20(24)19-16-9-25-10-17(16)19/h1-8,16-17,19,22H,9-10H2,(H,23,24). The maximum absolute atomic E-state index is 13.3. The Morgan fingerprint density at radius 1 is 1.12 bits per heavy atom. The lowest BCUT2D eigenvalue weighted by Crippen LogP contribution is -2.18. The lowest BCUT2D eigenvalue weighted by atomic mass is 10.0. The molecule has 5 rings (SSSR count). The van der Waals surface area contributed by atoms with Crippen molar-refractivity contribution in [3.05, 3.63) is 54.5 Å². The second kappa shape index (κ2) is 5.43. The van der Waals surface area contributed by atoms with E-state index < -0.39 is 0 Å². The minimum absolute atomic E-state index is 0.0913. The molecular weight excluding hydrogens is 319 g/mol. The van der Waals surface area contributed by atoms with Gasteiger partial charge in [0.15, 0.2) is 0 Å². The molecule has 5 heteroatoms. The van der Waals surface area contributed by atoms with Crippen LogP contribution < -0.4 is 5.32 Å². The van der Waals surface area contributed by atoms with E-state index in [1.807, 2.05) is 30.5 Å². The van der Waals surface area contributed by atoms with Crippen molar-refractivity contribution >= 4 is 22.5 Å². The van der Waals surface area contributed by atoms with Crippen molar-refractivity contribution in [3.63, 3.8) is 0 Å². The number of fused-ring (bicyclic) bond motifs is 2. The molecule has 1 saturated heterocycles. The number of rotatable bonds is 3. The number of aromatic nitrogens is 1. The van der Waals surface area contributed by atoms with Gasteiger partial charge in [-0.05, 0) is 47.7 Å². The molecule has 2 atom stereocenters. The first-order valence-corrected chi connectivity index (χ1v) is 8.46. The molecule has 0 bridgehead atoms. The number of aromatic amines is 1. The van der Waals surface area contributed by atoms with Gasteiger partial charge in [-0.1, -0.05) is 12.1 Å². The highest BCUT2D eigenvalue weighted by Crippen LogP contribution is 2.51. The van der Waals surface area contributed by atoms with E-state index in [4.69, 9.17) is 4.74 Å². The van der Waals surface area contributed by atoms with Gasteiger partial charge in [-0.2, -0.15) is 0 Å². The first kappa shape index (κ1) is 14.7. The molecule has 1 aliphatic carbocycles. The molecule has 3 aromatic rings. The molecule has 2 heterocycles. The van der Waals surface area contributed by atoms with E-state index in [2.05, 4.69) is 10.3 Å². The van der Waals surface area contributed by atoms with Gasteiger partial charge in [-0.15, -0.1) is 0 Å². The summed E-state index contributed by atoms with van der Waals surface area (Å²) in [6.45, 7) is 1.42. The number of hydrogen-bond acceptors (Lipinski definition) is 2. The Labute approximate surface area is 144 Å². The van der Waals surface area contributed by atoms with E-state index in [1.165, 1.54) is 12.1 Å². The Morgan fingerprint density at radius 2 is 1.88 bits per heavy atom. The molecule has 25 heavy (non-hydrogen) atoms. The molecule has 2 unspecified atom stereocenters. The smallest absolute Gasteiger partial charge is 0.228 e. The van der Waals surface area contributed by atoms with Crippen LogP contribution in [0.4, 0.5) is 10.1 Å². The molecule has 1 amide bonds. The molecule has 2 N–H and O–H groups in total. The third-order valence-electron chi connectivity index (χ3n) is 5.36. The van der Waals surface area contributed by atoms with Crippen molar-refractivity contribution in [2.24, 2.45) is 17.8 Å². The van der Waals surface area contributed by atoms with Crippen molar-refractivity contribution < 1.29 is 13.9 Å². The summed E-state index contributed by atoms with van der Waals surface area (Å²) < 4.78 is 18.6. The number of carbonyl (C=O) groups excluding carboxylic acids is 1. The number of halogens is 1. The van der Waals surface area contributed by atoms with Crippen LogP contribution in [0.15, 0.2) is 48.7 Å². The van der Waals surface area contributed by atoms with E-state index in [0.29, 0.717) is 25.0 Å². The third-order valence-corrected chi connectivity index (χ3v) is 5.36. The van der Waals surface area contributed by atoms with Crippen LogP contribution in [-0.4, -0.2) is 24.1 Å². The first-order chi connectivity index (χ1) is 12.2. The fraction of sp³-hybridized carbons (Fsp3) is 0.250. The number of nitrogens with one attached hydrogen (secondary N) is 2. The van der Waals surface area contributed by atoms with Crippen LogP contribution in [0.2, 0.25) is 0 Å². The minimum atomic E-state index is -0.255. The molecule has 0 spiro atoms. The number of hydrogen-bond donors (Lipinski definition) is 2. The summed E-state index contributed by atoms with van der Waals surface area (Å²) in [6, 6.07) is 12.5. The van der Waals surface area contributed by atoms with Crippen LogP contribution in [0.3, 0.4) is 0 Å². The summed E-state index contributed by atoms with van der Waals surface area (Å²) in [7, 11) is 0. The van der Waals surface area contributed by atoms with Crippen LogP contribution in [0.1, 0.15) is 0 Å². The Kier molecular flexibility index (Phi) is 3.18. The molecule has 2 aliphatic rings. The average molecular weight is 336 g/mol. The number of H-pyrrole nitrogens is 1. The highest BCUT2D eigenvalue weighted by molar-refractivity contribution is 5.97. The zero-order chi connectivity index (χ0) is 17.0. The quantitative estimate of drug-likeness (QED) is 0.764. The van der Waals surface area contributed by atoms with Crippen LogP contribution in [-0.2, 0) is 9.53 Å². The van der Waals surface area contributed by atoms with E-state index in [9.17, 15) is 9.18 Å². The summed E-state index contributed by atoms with van der Waals surface area (Å²) in [4.78, 5) is 15.4. The number of benzene rings is 2. The van der Waals surface area contributed by atoms with Crippen molar-refractivity contribution in [3.8, 4) is 11.1 Å². The van der Waals surface area contributed by atoms with Gasteiger partial charge in [0.05, 0.1) is 13.2 Å². The zero-order valence-corrected chi connectivity index (χ0v) is 13.5. The maximum atomic E-state index is 13.3. The lowest BCUT2D eigenvalue weighted by molar-refractivity contribution is -0.118. The molecule has 0 radical (unpaired) electrons. The first-order valence-electron chi connectivity index (χ1n) is 8.46. The molecule has 4 nitrogen and oxygen atoms in total. The SMILES string of the molecule is O=C(Nc1ccc(-c2c[nH]c3cc(F)ccc23)cc1)C1C2COCC21. The van der Waals surface area contributed by atoms with E-state index >= 15 is 0 Å². The Morgan fingerprint density at radius 3 is 2.64 bits per heavy atom. The molecule has 2 aromatic carbocycles. The molecular formula is C20H17FN2O2. The molecule has 1 aromatic heterocycles. The van der Waals surface area contributed by atoms with E-state index in [1.54, 1.807) is 6.07 Å². The fourth-order valence-electron chi connectivity index (χ4n) is 3.92. The monoisotopic (exact) mass is 336 g/mol. The van der Waals surface area contributed by atoms with Crippen LogP contribution in [0.5, 0.6) is 0 Å². The zero-order valence-electron chi connectivity index (χ0n) is 13.5. The van der Waals surface area contributed by atoms with Gasteiger partial charge in [0.2, 0.25) is 5.91 Å². The highest BCUT2D eigenvalue weighted by atomic mass is 19.1. The normalized spacial score (nSPS) is 24.3. The van der Waals surface area contributed by atoms with E-state index in [0.717, 1.165) is 27.7 Å². The Balaban J connectivity index is 1.35. The molecule has 2 fully saturated rings. The Hall–Kier alpha value is -2.66. The van der Waals surface area contributed by atoms with Crippen molar-refractivity contribution in [1.29, 1.82) is 0 Å². The third kappa shape index (κ3) is 2.43. The molecule has 1 saturated carbocycles. The van der Waals surface area contributed by atoms with Gasteiger partial charge in [0.25, 0.3) is 0 Å². The lowest BCUT2D eigenvalue weighted by Gasteiger charge is -2.08. The van der Waals surface area contributed by atoms with Gasteiger partial charge in [-0.3, -0.25) is 4.79 Å². The second-order valence-electron chi connectivity index (χ2n) is 6.85. The van der Waals surface area contributed by atoms with Crippen LogP contribution in [0, 0.1) is 23.6 Å². The van der Waals surface area contributed by atoms with Gasteiger partial charge >= 0.3 is 0 Å². The van der Waals surface area contributed by atoms with Gasteiger partial charge < -0.3 is 15.0 Å². The van der Waals surface area contributed by atoms with Gasteiger partial charge in [0.1, 0.15) is 5.82 Å². The van der Waals surface area contributed by atoms with Crippen molar-refractivity contribution in [1.82, 2.24) is 4.98 Å². The Bertz CT molecular complexity index is 953. The maximum Gasteiger partial charge on any atom is 0.228 e. The topological polar surface area (TPSA) is 54.1 Å². The van der Waals surface area contributed by atoms with Gasteiger partial charge in [-0.25, -0.2) is 4.39 Å². The predicted octanol–water partition coefficient (Wildman–Crippen LogP) is 3.80. The summed E-state index contributed by atoms with van der Waals surface area (Å²) in [6.07, 6.45) is 1.88. The second-order valence-corrected chi connectivity index (χ2v) is 6.85. The van der Waals surface area contributed by atoms with Crippen molar-refractivity contribution in [2.45, 2.75) is 0 Å². The van der Waals surface area contributed by atoms with Crippen molar-refractivity contribution in [2.75, 3.05) is 18.5 Å². The summed E-state index contributed by atoms with van der Waals surface area (Å²) in [5.74, 6) is 0.761. The number of carbonyl (C=O) groups is 1. The average Bonchev–Trinajstić information content (AvgIpc) is 2.96. The molecule has 1 aliphatic heterocycles. The summed E-state index contributed by atoms with van der Waals surface area (Å²) in [5, 5.41) is 3.97. The summed E-state index contributed by atoms with van der Waals surface area (Å²) in [5.41, 5.74) is 3.61. The highest BCUT2D eigenvalue weighted by Gasteiger charge is 2.57. The summed E-state index contributed by atoms with van der Waals surface area (Å²) >= 11 is 0. The van der Waals surface area contributed by atoms with Crippen LogP contribution >= 0.6 is 0 Å². The largest absolute Gasteiger partial charge is 0.381 e. The number of ether oxygens (including phenoxy) is 1. The van der Waals surface area contributed by atoms with E-state index in [-0.39, 0.29) is 17.6 Å². The number of amides is 1. The minimum Gasteiger partial charge on any atom is -0.381 e. The fourth-order valence-corrected chi connectivity index (χ4v) is 3.92.